The van der Waals surface area contributed by atoms with E-state index in [-0.39, 0.29) is 12.1 Å². The van der Waals surface area contributed by atoms with Crippen LogP contribution in [0.15, 0.2) is 35.2 Å². The molecule has 0 aromatic carbocycles. The molecule has 2 amide bonds. The van der Waals surface area contributed by atoms with Gasteiger partial charge in [-0.15, -0.1) is 0 Å². The number of hydrogen-bond acceptors (Lipinski definition) is 4. The Balaban J connectivity index is 1.58. The average molecular weight is 346 g/mol. The Morgan fingerprint density at radius 3 is 3.08 bits per heavy atom. The highest BCUT2D eigenvalue weighted by Crippen LogP contribution is 2.28. The summed E-state index contributed by atoms with van der Waals surface area (Å²) in [5.41, 5.74) is 0.697. The van der Waals surface area contributed by atoms with Crippen molar-refractivity contribution < 1.29 is 14.3 Å². The number of furan rings is 1. The van der Waals surface area contributed by atoms with Gasteiger partial charge in [-0.3, -0.25) is 4.68 Å². The van der Waals surface area contributed by atoms with Gasteiger partial charge in [0.15, 0.2) is 0 Å². The van der Waals surface area contributed by atoms with E-state index in [4.69, 9.17) is 4.42 Å². The number of urea groups is 1. The van der Waals surface area contributed by atoms with E-state index >= 15 is 0 Å². The molecule has 2 aromatic rings. The number of carbonyl (C=O) groups is 1. The second kappa shape index (κ2) is 7.74. The van der Waals surface area contributed by atoms with Crippen molar-refractivity contribution in [2.75, 3.05) is 11.9 Å². The van der Waals surface area contributed by atoms with Crippen LogP contribution in [-0.2, 0) is 6.54 Å². The molecule has 0 saturated carbocycles. The maximum absolute atomic E-state index is 12.6. The number of aromatic nitrogens is 2. The summed E-state index contributed by atoms with van der Waals surface area (Å²) in [5.74, 6) is 1.04. The van der Waals surface area contributed by atoms with E-state index < -0.39 is 6.10 Å². The molecule has 2 atom stereocenters. The molecular formula is C18H26N4O3. The van der Waals surface area contributed by atoms with Crippen molar-refractivity contribution in [3.05, 3.63) is 36.5 Å². The summed E-state index contributed by atoms with van der Waals surface area (Å²) in [5, 5.41) is 17.5. The molecule has 1 aliphatic heterocycles. The van der Waals surface area contributed by atoms with Gasteiger partial charge in [0.05, 0.1) is 18.1 Å². The molecule has 136 valence electrons. The Labute approximate surface area is 147 Å². The molecule has 1 fully saturated rings. The molecular weight excluding hydrogens is 320 g/mol. The highest BCUT2D eigenvalue weighted by Gasteiger charge is 2.31. The maximum Gasteiger partial charge on any atom is 0.322 e. The van der Waals surface area contributed by atoms with Crippen LogP contribution < -0.4 is 5.32 Å². The van der Waals surface area contributed by atoms with Crippen LogP contribution in [0.3, 0.4) is 0 Å². The Bertz CT molecular complexity index is 680. The van der Waals surface area contributed by atoms with E-state index in [0.717, 1.165) is 19.4 Å². The van der Waals surface area contributed by atoms with Gasteiger partial charge in [0.1, 0.15) is 11.9 Å². The van der Waals surface area contributed by atoms with Gasteiger partial charge >= 0.3 is 6.03 Å². The third-order valence-corrected chi connectivity index (χ3v) is 4.44. The summed E-state index contributed by atoms with van der Waals surface area (Å²) in [7, 11) is 0. The van der Waals surface area contributed by atoms with Crippen molar-refractivity contribution in [1.29, 1.82) is 0 Å². The minimum absolute atomic E-state index is 0.00538. The monoisotopic (exact) mass is 346 g/mol. The lowest BCUT2D eigenvalue weighted by atomic mass is 10.1. The topological polar surface area (TPSA) is 83.5 Å². The van der Waals surface area contributed by atoms with Crippen molar-refractivity contribution in [2.45, 2.75) is 51.8 Å². The van der Waals surface area contributed by atoms with Gasteiger partial charge in [-0.25, -0.2) is 4.79 Å². The number of nitrogens with one attached hydrogen (secondary N) is 1. The van der Waals surface area contributed by atoms with Gasteiger partial charge in [-0.05, 0) is 30.9 Å². The van der Waals surface area contributed by atoms with E-state index in [9.17, 15) is 9.90 Å². The number of aliphatic hydroxyl groups is 1. The number of aliphatic hydroxyl groups excluding tert-OH is 1. The first-order chi connectivity index (χ1) is 12.0. The van der Waals surface area contributed by atoms with Crippen molar-refractivity contribution in [3.8, 4) is 0 Å². The number of amides is 2. The summed E-state index contributed by atoms with van der Waals surface area (Å²) >= 11 is 0. The summed E-state index contributed by atoms with van der Waals surface area (Å²) in [6.07, 6.45) is 6.68. The Morgan fingerprint density at radius 1 is 1.52 bits per heavy atom. The van der Waals surface area contributed by atoms with Crippen LogP contribution in [0.25, 0.3) is 0 Å². The predicted molar refractivity (Wildman–Crippen MR) is 94.1 cm³/mol. The zero-order chi connectivity index (χ0) is 17.8. The van der Waals surface area contributed by atoms with Crippen LogP contribution in [0.1, 0.15) is 45.0 Å². The third kappa shape index (κ3) is 4.42. The van der Waals surface area contributed by atoms with Gasteiger partial charge in [0.2, 0.25) is 0 Å². The molecule has 1 saturated heterocycles. The SMILES string of the molecule is CC(C)Cn1cc(NC(=O)N2CCCC2CC(O)c2ccco2)cn1. The van der Waals surface area contributed by atoms with E-state index in [1.165, 1.54) is 0 Å². The van der Waals surface area contributed by atoms with Crippen molar-refractivity contribution in [3.63, 3.8) is 0 Å². The number of likely N-dealkylation sites (tertiary alicyclic amines) is 1. The Morgan fingerprint density at radius 2 is 2.36 bits per heavy atom. The van der Waals surface area contributed by atoms with Crippen molar-refractivity contribution >= 4 is 11.7 Å². The third-order valence-electron chi connectivity index (χ3n) is 4.44. The predicted octanol–water partition coefficient (Wildman–Crippen LogP) is 3.25. The highest BCUT2D eigenvalue weighted by atomic mass is 16.4. The van der Waals surface area contributed by atoms with Crippen LogP contribution in [0.4, 0.5) is 10.5 Å². The Kier molecular flexibility index (Phi) is 5.43. The second-order valence-electron chi connectivity index (χ2n) is 7.03. The lowest BCUT2D eigenvalue weighted by Gasteiger charge is -2.26. The summed E-state index contributed by atoms with van der Waals surface area (Å²) in [6, 6.07) is 3.38. The average Bonchev–Trinajstić information content (AvgIpc) is 3.27. The van der Waals surface area contributed by atoms with Gasteiger partial charge in [-0.2, -0.15) is 5.10 Å². The number of rotatable bonds is 6. The molecule has 25 heavy (non-hydrogen) atoms. The molecule has 1 aliphatic rings. The molecule has 7 nitrogen and oxygen atoms in total. The normalized spacial score (nSPS) is 18.7. The molecule has 0 aliphatic carbocycles. The van der Waals surface area contributed by atoms with Crippen molar-refractivity contribution in [1.82, 2.24) is 14.7 Å². The van der Waals surface area contributed by atoms with Crippen molar-refractivity contribution in [2.24, 2.45) is 5.92 Å². The molecule has 2 aromatic heterocycles. The van der Waals surface area contributed by atoms with Gasteiger partial charge in [0.25, 0.3) is 0 Å². The van der Waals surface area contributed by atoms with Gasteiger partial charge < -0.3 is 19.7 Å². The first-order valence-corrected chi connectivity index (χ1v) is 8.84. The number of nitrogens with zero attached hydrogens (tertiary/aromatic N) is 3. The first kappa shape index (κ1) is 17.5. The lowest BCUT2D eigenvalue weighted by molar-refractivity contribution is 0.110. The second-order valence-corrected chi connectivity index (χ2v) is 7.03. The molecule has 2 N–H and O–H groups in total. The zero-order valence-electron chi connectivity index (χ0n) is 14.8. The fraction of sp³-hybridized carbons (Fsp3) is 0.556. The van der Waals surface area contributed by atoms with E-state index in [1.54, 1.807) is 29.5 Å². The molecule has 2 unspecified atom stereocenters. The van der Waals surface area contributed by atoms with Gasteiger partial charge in [-0.1, -0.05) is 13.8 Å². The van der Waals surface area contributed by atoms with Crippen LogP contribution in [0.2, 0.25) is 0 Å². The van der Waals surface area contributed by atoms with E-state index in [0.29, 0.717) is 30.3 Å². The molecule has 3 rings (SSSR count). The van der Waals surface area contributed by atoms with E-state index in [1.807, 2.05) is 10.9 Å². The smallest absolute Gasteiger partial charge is 0.322 e. The number of anilines is 1. The van der Waals surface area contributed by atoms with Crippen LogP contribution >= 0.6 is 0 Å². The zero-order valence-corrected chi connectivity index (χ0v) is 14.8. The minimum Gasteiger partial charge on any atom is -0.467 e. The highest BCUT2D eigenvalue weighted by molar-refractivity contribution is 5.89. The first-order valence-electron chi connectivity index (χ1n) is 8.84. The van der Waals surface area contributed by atoms with E-state index in [2.05, 4.69) is 24.3 Å². The van der Waals surface area contributed by atoms with Gasteiger partial charge in [0, 0.05) is 31.7 Å². The molecule has 7 heteroatoms. The molecule has 0 spiro atoms. The molecule has 0 radical (unpaired) electrons. The van der Waals surface area contributed by atoms with Crippen LogP contribution in [-0.4, -0.2) is 38.4 Å². The minimum atomic E-state index is -0.692. The number of hydrogen-bond donors (Lipinski definition) is 2. The largest absolute Gasteiger partial charge is 0.467 e. The molecule has 0 bridgehead atoms. The summed E-state index contributed by atoms with van der Waals surface area (Å²) in [4.78, 5) is 14.4. The Hall–Kier alpha value is -2.28. The fourth-order valence-corrected chi connectivity index (χ4v) is 3.30. The lowest BCUT2D eigenvalue weighted by Crippen LogP contribution is -2.39. The summed E-state index contributed by atoms with van der Waals surface area (Å²) < 4.78 is 7.09. The van der Waals surface area contributed by atoms with Crippen LogP contribution in [0.5, 0.6) is 0 Å². The van der Waals surface area contributed by atoms with Crippen LogP contribution in [0, 0.1) is 5.92 Å². The summed E-state index contributed by atoms with van der Waals surface area (Å²) in [6.45, 7) is 5.76. The quantitative estimate of drug-likeness (QED) is 0.841. The molecule has 3 heterocycles. The standard InChI is InChI=1S/C18H26N4O3/c1-13(2)11-21-12-14(10-19-21)20-18(24)22-7-3-5-15(22)9-16(23)17-6-4-8-25-17/h4,6,8,10,12-13,15-16,23H,3,5,7,9,11H2,1-2H3,(H,20,24). The fourth-order valence-electron chi connectivity index (χ4n) is 3.30. The number of carbonyl (C=O) groups excluding carboxylic acids is 1. The maximum atomic E-state index is 12.6.